The van der Waals surface area contributed by atoms with Crippen LogP contribution in [0.25, 0.3) is 0 Å². The maximum absolute atomic E-state index is 13.2. The highest BCUT2D eigenvalue weighted by molar-refractivity contribution is 6.49. The summed E-state index contributed by atoms with van der Waals surface area (Å²) in [4.78, 5) is 13.2. The first-order valence-corrected chi connectivity index (χ1v) is 8.33. The van der Waals surface area contributed by atoms with Crippen LogP contribution in [0.5, 0.6) is 0 Å². The van der Waals surface area contributed by atoms with Crippen LogP contribution in [-0.2, 0) is 4.79 Å². The molecule has 0 amide bonds. The fourth-order valence-corrected chi connectivity index (χ4v) is 3.08. The van der Waals surface area contributed by atoms with E-state index in [0.29, 0.717) is 5.71 Å². The summed E-state index contributed by atoms with van der Waals surface area (Å²) in [6.45, 7) is 2.03. The van der Waals surface area contributed by atoms with Gasteiger partial charge in [0.15, 0.2) is 0 Å². The lowest BCUT2D eigenvalue weighted by molar-refractivity contribution is -0.113. The van der Waals surface area contributed by atoms with Crippen molar-refractivity contribution in [3.8, 4) is 0 Å². The summed E-state index contributed by atoms with van der Waals surface area (Å²) in [5, 5.41) is 6.52. The Labute approximate surface area is 147 Å². The van der Waals surface area contributed by atoms with Gasteiger partial charge in [0, 0.05) is 5.56 Å². The van der Waals surface area contributed by atoms with Crippen LogP contribution in [0.2, 0.25) is 0 Å². The van der Waals surface area contributed by atoms with Crippen molar-refractivity contribution in [2.24, 2.45) is 5.10 Å². The first-order valence-electron chi connectivity index (χ1n) is 8.33. The molecule has 1 aliphatic heterocycles. The monoisotopic (exact) mass is 326 g/mol. The Morgan fingerprint density at radius 3 is 2.04 bits per heavy atom. The molecule has 1 heterocycles. The summed E-state index contributed by atoms with van der Waals surface area (Å²) in [5.74, 6) is 0.0268. The number of para-hydroxylation sites is 1. The summed E-state index contributed by atoms with van der Waals surface area (Å²) < 4.78 is 0. The molecule has 1 unspecified atom stereocenters. The van der Waals surface area contributed by atoms with Crippen LogP contribution >= 0.6 is 0 Å². The Hall–Kier alpha value is -3.20. The maximum atomic E-state index is 13.2. The van der Waals surface area contributed by atoms with E-state index < -0.39 is 6.04 Å². The van der Waals surface area contributed by atoms with Crippen molar-refractivity contribution in [1.82, 2.24) is 0 Å². The first-order chi connectivity index (χ1) is 12.2. The molecule has 0 radical (unpaired) electrons. The summed E-state index contributed by atoms with van der Waals surface area (Å²) >= 11 is 0. The van der Waals surface area contributed by atoms with Crippen LogP contribution in [0, 0.1) is 6.92 Å². The second kappa shape index (κ2) is 6.36. The Morgan fingerprint density at radius 1 is 0.800 bits per heavy atom. The highest BCUT2D eigenvalue weighted by Crippen LogP contribution is 2.34. The minimum Gasteiger partial charge on any atom is -0.289 e. The van der Waals surface area contributed by atoms with Crippen LogP contribution < -0.4 is 5.01 Å². The summed E-state index contributed by atoms with van der Waals surface area (Å²) in [5.41, 5.74) is 4.39. The van der Waals surface area contributed by atoms with Crippen molar-refractivity contribution in [3.05, 3.63) is 102 Å². The van der Waals surface area contributed by atoms with Crippen LogP contribution in [0.15, 0.2) is 90.0 Å². The maximum Gasteiger partial charge on any atom is 0.212 e. The normalized spacial score (nSPS) is 16.8. The van der Waals surface area contributed by atoms with Gasteiger partial charge in [-0.05, 0) is 24.6 Å². The van der Waals surface area contributed by atoms with E-state index in [2.05, 4.69) is 0 Å². The molecule has 0 bridgehead atoms. The first kappa shape index (κ1) is 15.3. The number of hydrogen-bond acceptors (Lipinski definition) is 3. The van der Waals surface area contributed by atoms with Gasteiger partial charge in [-0.3, -0.25) is 4.79 Å². The van der Waals surface area contributed by atoms with Crippen molar-refractivity contribution in [1.29, 1.82) is 0 Å². The molecule has 0 saturated carbocycles. The van der Waals surface area contributed by atoms with Crippen LogP contribution in [0.3, 0.4) is 0 Å². The third kappa shape index (κ3) is 2.85. The highest BCUT2D eigenvalue weighted by Gasteiger charge is 2.38. The predicted octanol–water partition coefficient (Wildman–Crippen LogP) is 4.53. The van der Waals surface area contributed by atoms with Gasteiger partial charge in [-0.2, -0.15) is 5.10 Å². The zero-order chi connectivity index (χ0) is 17.2. The molecule has 3 heteroatoms. The van der Waals surface area contributed by atoms with E-state index >= 15 is 0 Å². The number of carbonyl (C=O) groups is 1. The van der Waals surface area contributed by atoms with Gasteiger partial charge in [0.1, 0.15) is 11.8 Å². The summed E-state index contributed by atoms with van der Waals surface area (Å²) in [6.07, 6.45) is 0. The lowest BCUT2D eigenvalue weighted by atomic mass is 9.96. The minimum absolute atomic E-state index is 0.0268. The second-order valence-electron chi connectivity index (χ2n) is 6.17. The molecule has 0 aromatic heterocycles. The number of hydrazone groups is 1. The Morgan fingerprint density at radius 2 is 1.40 bits per heavy atom. The molecular weight excluding hydrogens is 308 g/mol. The fraction of sp³-hybridized carbons (Fsp3) is 0.0909. The molecule has 3 aromatic rings. The van der Waals surface area contributed by atoms with Crippen LogP contribution in [-0.4, -0.2) is 11.5 Å². The SMILES string of the molecule is Cc1ccc(C2=NN(c3ccccc3)C(c3ccccc3)C2=O)cc1. The van der Waals surface area contributed by atoms with E-state index in [9.17, 15) is 4.79 Å². The average Bonchev–Trinajstić information content (AvgIpc) is 3.01. The van der Waals surface area contributed by atoms with Gasteiger partial charge in [-0.25, -0.2) is 5.01 Å². The Bertz CT molecular complexity index is 915. The number of rotatable bonds is 3. The smallest absolute Gasteiger partial charge is 0.212 e. The van der Waals surface area contributed by atoms with E-state index in [1.54, 1.807) is 0 Å². The van der Waals surface area contributed by atoms with E-state index in [4.69, 9.17) is 5.10 Å². The molecule has 4 rings (SSSR count). The zero-order valence-electron chi connectivity index (χ0n) is 14.0. The highest BCUT2D eigenvalue weighted by atomic mass is 16.1. The van der Waals surface area contributed by atoms with Gasteiger partial charge in [0.05, 0.1) is 5.69 Å². The predicted molar refractivity (Wildman–Crippen MR) is 101 cm³/mol. The van der Waals surface area contributed by atoms with Gasteiger partial charge in [0.25, 0.3) is 0 Å². The Balaban J connectivity index is 1.81. The van der Waals surface area contributed by atoms with Crippen molar-refractivity contribution in [3.63, 3.8) is 0 Å². The van der Waals surface area contributed by atoms with Crippen molar-refractivity contribution < 1.29 is 4.79 Å². The van der Waals surface area contributed by atoms with Gasteiger partial charge in [-0.15, -0.1) is 0 Å². The van der Waals surface area contributed by atoms with Gasteiger partial charge < -0.3 is 0 Å². The number of aryl methyl sites for hydroxylation is 1. The molecule has 1 aliphatic rings. The average molecular weight is 326 g/mol. The molecule has 122 valence electrons. The summed E-state index contributed by atoms with van der Waals surface area (Å²) in [6, 6.07) is 27.2. The molecule has 0 N–H and O–H groups in total. The lowest BCUT2D eigenvalue weighted by Crippen LogP contribution is -2.25. The molecule has 3 nitrogen and oxygen atoms in total. The number of anilines is 1. The van der Waals surface area contributed by atoms with Crippen LogP contribution in [0.4, 0.5) is 5.69 Å². The third-order valence-corrected chi connectivity index (χ3v) is 4.40. The molecule has 0 aliphatic carbocycles. The van der Waals surface area contributed by atoms with Gasteiger partial charge >= 0.3 is 0 Å². The minimum atomic E-state index is -0.431. The van der Waals surface area contributed by atoms with Gasteiger partial charge in [0.2, 0.25) is 5.78 Å². The second-order valence-corrected chi connectivity index (χ2v) is 6.17. The molecule has 0 saturated heterocycles. The standard InChI is InChI=1S/C22H18N2O/c1-16-12-14-17(15-13-16)20-22(25)21(18-8-4-2-5-9-18)24(23-20)19-10-6-3-7-11-19/h2-15,21H,1H3. The quantitative estimate of drug-likeness (QED) is 0.708. The number of carbonyl (C=O) groups excluding carboxylic acids is 1. The topological polar surface area (TPSA) is 32.7 Å². The number of hydrogen-bond donors (Lipinski definition) is 0. The molecule has 0 fully saturated rings. The fourth-order valence-electron chi connectivity index (χ4n) is 3.08. The molecule has 0 spiro atoms. The molecule has 1 atom stereocenters. The lowest BCUT2D eigenvalue weighted by Gasteiger charge is -2.22. The van der Waals surface area contributed by atoms with Crippen molar-refractivity contribution in [2.75, 3.05) is 5.01 Å². The van der Waals surface area contributed by atoms with E-state index in [-0.39, 0.29) is 5.78 Å². The number of benzene rings is 3. The van der Waals surface area contributed by atoms with Crippen molar-refractivity contribution in [2.45, 2.75) is 13.0 Å². The van der Waals surface area contributed by atoms with E-state index in [1.165, 1.54) is 0 Å². The molecule has 25 heavy (non-hydrogen) atoms. The van der Waals surface area contributed by atoms with E-state index in [1.807, 2.05) is 96.9 Å². The van der Waals surface area contributed by atoms with Crippen LogP contribution in [0.1, 0.15) is 22.7 Å². The van der Waals surface area contributed by atoms with E-state index in [0.717, 1.165) is 22.4 Å². The number of Topliss-reactive ketones (excluding diaryl/α,β-unsaturated/α-hetero) is 1. The van der Waals surface area contributed by atoms with Gasteiger partial charge in [-0.1, -0.05) is 78.4 Å². The number of nitrogens with zero attached hydrogens (tertiary/aromatic N) is 2. The third-order valence-electron chi connectivity index (χ3n) is 4.40. The molecular formula is C22H18N2O. The largest absolute Gasteiger partial charge is 0.289 e. The Kier molecular flexibility index (Phi) is 3.90. The molecule has 3 aromatic carbocycles. The van der Waals surface area contributed by atoms with Crippen molar-refractivity contribution >= 4 is 17.2 Å². The number of ketones is 1. The summed E-state index contributed by atoms with van der Waals surface area (Å²) in [7, 11) is 0. The zero-order valence-corrected chi connectivity index (χ0v) is 14.0.